The van der Waals surface area contributed by atoms with Crippen LogP contribution in [0.15, 0.2) is 78.1 Å². The highest BCUT2D eigenvalue weighted by Crippen LogP contribution is 2.26. The quantitative estimate of drug-likeness (QED) is 0.234. The fourth-order valence-corrected chi connectivity index (χ4v) is 5.46. The number of methoxy groups -OCH3 is 1. The van der Waals surface area contributed by atoms with Gasteiger partial charge in [-0.25, -0.2) is 0 Å². The number of nitrogens with zero attached hydrogens (tertiary/aromatic N) is 5. The monoisotopic (exact) mass is 595 g/mol. The summed E-state index contributed by atoms with van der Waals surface area (Å²) in [6.07, 6.45) is 1.38. The van der Waals surface area contributed by atoms with Crippen molar-refractivity contribution in [1.82, 2.24) is 24.3 Å². The van der Waals surface area contributed by atoms with Crippen molar-refractivity contribution in [2.24, 2.45) is 0 Å². The first-order chi connectivity index (χ1) is 21.2. The van der Waals surface area contributed by atoms with Crippen molar-refractivity contribution in [3.05, 3.63) is 100 Å². The average Bonchev–Trinajstić information content (AvgIpc) is 3.03. The third kappa shape index (κ3) is 7.08. The maximum atomic E-state index is 12.8. The van der Waals surface area contributed by atoms with Crippen LogP contribution < -0.4 is 20.9 Å². The summed E-state index contributed by atoms with van der Waals surface area (Å²) in [5.41, 5.74) is 3.87. The van der Waals surface area contributed by atoms with Gasteiger partial charge in [0.2, 0.25) is 11.9 Å². The highest BCUT2D eigenvalue weighted by molar-refractivity contribution is 5.88. The average molecular weight is 596 g/mol. The van der Waals surface area contributed by atoms with Gasteiger partial charge in [0.25, 0.3) is 5.56 Å². The van der Waals surface area contributed by atoms with E-state index in [9.17, 15) is 9.59 Å². The molecular formula is C34H41N7O3. The lowest BCUT2D eigenvalue weighted by molar-refractivity contribution is -0.127. The Balaban J connectivity index is 1.32. The fraction of sp³-hybridized carbons (Fsp3) is 0.353. The van der Waals surface area contributed by atoms with Gasteiger partial charge in [-0.15, -0.1) is 0 Å². The number of carbonyl (C=O) groups is 1. The van der Waals surface area contributed by atoms with E-state index < -0.39 is 0 Å². The molecule has 0 unspecified atom stereocenters. The van der Waals surface area contributed by atoms with Crippen LogP contribution in [0.1, 0.15) is 49.5 Å². The maximum Gasteiger partial charge on any atom is 0.252 e. The zero-order valence-corrected chi connectivity index (χ0v) is 25.9. The molecule has 0 aliphatic carbocycles. The summed E-state index contributed by atoms with van der Waals surface area (Å²) >= 11 is 0. The Bertz CT molecular complexity index is 1660. The third-order valence-corrected chi connectivity index (χ3v) is 8.01. The highest BCUT2D eigenvalue weighted by Gasteiger charge is 2.20. The predicted molar refractivity (Wildman–Crippen MR) is 175 cm³/mol. The SMILES string of the molecule is C=CC(=O)N1CCN(Cc2ccc([C@H](C)Nc3nc(NCc4ccc(OC)cc4)c4ccc(=O)n(C(C)C)c4n3)cc2)CC1. The number of ether oxygens (including phenoxy) is 1. The zero-order valence-electron chi connectivity index (χ0n) is 25.9. The summed E-state index contributed by atoms with van der Waals surface area (Å²) in [4.78, 5) is 38.6. The number of benzene rings is 2. The molecule has 2 aromatic carbocycles. The van der Waals surface area contributed by atoms with Crippen molar-refractivity contribution in [2.75, 3.05) is 43.9 Å². The van der Waals surface area contributed by atoms with Gasteiger partial charge in [0.15, 0.2) is 5.65 Å². The summed E-state index contributed by atoms with van der Waals surface area (Å²) < 4.78 is 6.98. The number of hydrogen-bond acceptors (Lipinski definition) is 8. The van der Waals surface area contributed by atoms with E-state index in [0.717, 1.165) is 55.0 Å². The van der Waals surface area contributed by atoms with Crippen molar-refractivity contribution in [3.8, 4) is 5.75 Å². The lowest BCUT2D eigenvalue weighted by Gasteiger charge is -2.34. The molecule has 1 aliphatic heterocycles. The molecule has 1 amide bonds. The summed E-state index contributed by atoms with van der Waals surface area (Å²) in [5, 5.41) is 7.70. The fourth-order valence-electron chi connectivity index (χ4n) is 5.46. The van der Waals surface area contributed by atoms with Gasteiger partial charge in [0.1, 0.15) is 11.6 Å². The molecule has 4 aromatic rings. The molecule has 0 bridgehead atoms. The summed E-state index contributed by atoms with van der Waals surface area (Å²) in [7, 11) is 1.65. The van der Waals surface area contributed by atoms with Crippen molar-refractivity contribution in [3.63, 3.8) is 0 Å². The smallest absolute Gasteiger partial charge is 0.252 e. The number of carbonyl (C=O) groups excluding carboxylic acids is 1. The Morgan fingerprint density at radius 1 is 0.955 bits per heavy atom. The second kappa shape index (κ2) is 13.7. The van der Waals surface area contributed by atoms with Crippen LogP contribution in [0.5, 0.6) is 5.75 Å². The van der Waals surface area contributed by atoms with E-state index in [-0.39, 0.29) is 23.6 Å². The van der Waals surface area contributed by atoms with E-state index in [4.69, 9.17) is 14.7 Å². The van der Waals surface area contributed by atoms with Gasteiger partial charge in [-0.3, -0.25) is 19.1 Å². The topological polar surface area (TPSA) is 105 Å². The number of rotatable bonds is 11. The Morgan fingerprint density at radius 2 is 1.64 bits per heavy atom. The molecule has 2 N–H and O–H groups in total. The summed E-state index contributed by atoms with van der Waals surface area (Å²) in [6, 6.07) is 19.6. The summed E-state index contributed by atoms with van der Waals surface area (Å²) in [5.74, 6) is 1.90. The molecule has 1 atom stereocenters. The molecule has 44 heavy (non-hydrogen) atoms. The highest BCUT2D eigenvalue weighted by atomic mass is 16.5. The van der Waals surface area contributed by atoms with Crippen LogP contribution in [0.2, 0.25) is 0 Å². The first-order valence-corrected chi connectivity index (χ1v) is 15.0. The van der Waals surface area contributed by atoms with Gasteiger partial charge >= 0.3 is 0 Å². The minimum Gasteiger partial charge on any atom is -0.497 e. The molecule has 0 saturated carbocycles. The Hall–Kier alpha value is -4.70. The lowest BCUT2D eigenvalue weighted by atomic mass is 10.1. The van der Waals surface area contributed by atoms with Gasteiger partial charge in [0, 0.05) is 51.4 Å². The molecule has 2 aromatic heterocycles. The van der Waals surface area contributed by atoms with Gasteiger partial charge < -0.3 is 20.3 Å². The van der Waals surface area contributed by atoms with Crippen LogP contribution in [-0.4, -0.2) is 63.5 Å². The second-order valence-electron chi connectivity index (χ2n) is 11.4. The molecule has 10 nitrogen and oxygen atoms in total. The van der Waals surface area contributed by atoms with Crippen molar-refractivity contribution >= 4 is 28.7 Å². The molecule has 5 rings (SSSR count). The predicted octanol–water partition coefficient (Wildman–Crippen LogP) is 5.00. The van der Waals surface area contributed by atoms with E-state index in [2.05, 4.69) is 53.3 Å². The van der Waals surface area contributed by atoms with E-state index in [1.165, 1.54) is 11.6 Å². The minimum absolute atomic E-state index is 0.00137. The van der Waals surface area contributed by atoms with E-state index >= 15 is 0 Å². The van der Waals surface area contributed by atoms with Gasteiger partial charge in [-0.2, -0.15) is 9.97 Å². The molecule has 1 saturated heterocycles. The maximum absolute atomic E-state index is 12.8. The molecule has 1 fully saturated rings. The number of pyridine rings is 1. The van der Waals surface area contributed by atoms with Crippen LogP contribution in [0.25, 0.3) is 11.0 Å². The Kier molecular flexibility index (Phi) is 9.59. The normalized spacial score (nSPS) is 14.4. The van der Waals surface area contributed by atoms with E-state index in [0.29, 0.717) is 24.0 Å². The summed E-state index contributed by atoms with van der Waals surface area (Å²) in [6.45, 7) is 14.1. The molecule has 1 aliphatic rings. The Morgan fingerprint density at radius 3 is 2.27 bits per heavy atom. The molecule has 0 radical (unpaired) electrons. The molecule has 10 heteroatoms. The number of nitrogens with one attached hydrogen (secondary N) is 2. The number of piperazine rings is 1. The largest absolute Gasteiger partial charge is 0.497 e. The number of fused-ring (bicyclic) bond motifs is 1. The molecular weight excluding hydrogens is 554 g/mol. The standard InChI is InChI=1S/C34H41N7O3/c1-6-30(42)40-19-17-39(18-20-40)22-26-7-11-27(12-8-26)24(4)36-34-37-32(35-21-25-9-13-28(44-5)14-10-25)29-15-16-31(43)41(23(2)3)33(29)38-34/h6-16,23-24H,1,17-22H2,2-5H3,(H2,35,36,37,38)/t24-/m0/s1. The third-order valence-electron chi connectivity index (χ3n) is 8.01. The van der Waals surface area contributed by atoms with Crippen molar-refractivity contribution in [1.29, 1.82) is 0 Å². The first kappa shape index (κ1) is 30.7. The number of amides is 1. The van der Waals surface area contributed by atoms with Gasteiger partial charge in [0.05, 0.1) is 18.5 Å². The van der Waals surface area contributed by atoms with Crippen LogP contribution in [-0.2, 0) is 17.9 Å². The van der Waals surface area contributed by atoms with Gasteiger partial charge in [-0.1, -0.05) is 43.0 Å². The van der Waals surface area contributed by atoms with Crippen LogP contribution in [0.4, 0.5) is 11.8 Å². The van der Waals surface area contributed by atoms with Crippen LogP contribution in [0, 0.1) is 0 Å². The lowest BCUT2D eigenvalue weighted by Crippen LogP contribution is -2.47. The number of hydrogen-bond donors (Lipinski definition) is 2. The van der Waals surface area contributed by atoms with Crippen molar-refractivity contribution < 1.29 is 9.53 Å². The van der Waals surface area contributed by atoms with Crippen molar-refractivity contribution in [2.45, 2.75) is 45.9 Å². The van der Waals surface area contributed by atoms with Gasteiger partial charge in [-0.05, 0) is 61.7 Å². The van der Waals surface area contributed by atoms with E-state index in [1.807, 2.05) is 43.0 Å². The number of anilines is 2. The molecule has 230 valence electrons. The zero-order chi connectivity index (χ0) is 31.2. The van der Waals surface area contributed by atoms with Crippen LogP contribution >= 0.6 is 0 Å². The molecule has 0 spiro atoms. The molecule has 3 heterocycles. The Labute approximate surface area is 258 Å². The number of aromatic nitrogens is 3. The first-order valence-electron chi connectivity index (χ1n) is 15.0. The van der Waals surface area contributed by atoms with E-state index in [1.54, 1.807) is 23.8 Å². The minimum atomic E-state index is -0.101. The van der Waals surface area contributed by atoms with Crippen LogP contribution in [0.3, 0.4) is 0 Å². The second-order valence-corrected chi connectivity index (χ2v) is 11.4.